The number of hydrogen-bond donors (Lipinski definition) is 8. The fourth-order valence-electron chi connectivity index (χ4n) is 14.0. The van der Waals surface area contributed by atoms with Crippen molar-refractivity contribution >= 4 is 47.3 Å². The van der Waals surface area contributed by atoms with Gasteiger partial charge >= 0.3 is 0 Å². The summed E-state index contributed by atoms with van der Waals surface area (Å²) in [5.41, 5.74) is 5.04. The molecule has 9 rings (SSSR count). The SMILES string of the molecule is CCCN[C@@H](C)C(=O)N[C@H](C(=O)N1C[C@@H](NC(=O)c2ccc(C(=O)N[C@H]3C[C@@H](C(=O)N[C@@H]4CCCc5ccccc54)N(C(=O)[C@@H](NC(=O)[C@H](C)NCCC)C4CCCCC4)C3)cc2)C[C@H]1C(=O)N[C@@H]1CCCc2ccccc21)C1CCCCC1. The molecule has 0 unspecified atom stereocenters. The molecule has 3 aromatic rings. The van der Waals surface area contributed by atoms with E-state index in [0.717, 1.165) is 127 Å². The van der Waals surface area contributed by atoms with Gasteiger partial charge in [-0.15, -0.1) is 0 Å². The topological polar surface area (TPSA) is 239 Å². The first-order valence-electron chi connectivity index (χ1n) is 31.9. The highest BCUT2D eigenvalue weighted by Crippen LogP contribution is 2.35. The number of fused-ring (bicyclic) bond motifs is 2. The van der Waals surface area contributed by atoms with Crippen LogP contribution in [0.5, 0.6) is 0 Å². The highest BCUT2D eigenvalue weighted by Gasteiger charge is 2.47. The first-order valence-corrected chi connectivity index (χ1v) is 31.9. The second-order valence-corrected chi connectivity index (χ2v) is 24.8. The lowest BCUT2D eigenvalue weighted by Crippen LogP contribution is -2.58. The predicted molar refractivity (Wildman–Crippen MR) is 322 cm³/mol. The van der Waals surface area contributed by atoms with Crippen molar-refractivity contribution in [2.75, 3.05) is 26.2 Å². The van der Waals surface area contributed by atoms with Gasteiger partial charge in [0.05, 0.1) is 24.2 Å². The number of benzene rings is 3. The maximum absolute atomic E-state index is 15.1. The Bertz CT molecular complexity index is 2610. The number of likely N-dealkylation sites (tertiary alicyclic amines) is 2. The molecule has 4 aliphatic carbocycles. The number of carbonyl (C=O) groups is 8. The van der Waals surface area contributed by atoms with Crippen LogP contribution in [0.1, 0.15) is 198 Å². The largest absolute Gasteiger partial charge is 0.347 e. The molecule has 0 bridgehead atoms. The summed E-state index contributed by atoms with van der Waals surface area (Å²) in [5.74, 6) is -2.89. The standard InChI is InChI=1S/C66H92N10O8/c1-5-35-67-41(3)59(77)73-57(45-21-9-7-10-22-45)65(83)75-39-49(37-55(75)63(81)71-53-29-17-25-43-19-13-15-27-51(43)53)69-61(79)47-31-33-48(34-32-47)62(80)70-50-38-56(64(82)72-54-30-18-26-44-20-14-16-28-52(44)54)76(40-50)66(84)58(46-23-11-8-12-24-46)74-60(78)42(4)68-36-6-2/h13-16,19-20,27-28,31-34,41-42,45-46,49-50,53-58,67-68H,5-12,17-18,21-26,29-30,35-40H2,1-4H3,(H,69,79)(H,70,80)(H,71,81)(H,72,82)(H,73,77)(H,74,78)/t41-,42-,49-,50-,53+,54+,55-,56-,57-,58-/m0/s1. The van der Waals surface area contributed by atoms with Crippen LogP contribution in [0.4, 0.5) is 0 Å². The van der Waals surface area contributed by atoms with E-state index in [2.05, 4.69) is 54.7 Å². The van der Waals surface area contributed by atoms with E-state index >= 15 is 9.59 Å². The molecule has 6 aliphatic rings. The van der Waals surface area contributed by atoms with Crippen molar-refractivity contribution in [1.29, 1.82) is 0 Å². The minimum Gasteiger partial charge on any atom is -0.347 e. The van der Waals surface area contributed by atoms with Crippen molar-refractivity contribution in [2.24, 2.45) is 11.8 Å². The van der Waals surface area contributed by atoms with Gasteiger partial charge in [-0.1, -0.05) is 101 Å². The van der Waals surface area contributed by atoms with E-state index in [1.165, 1.54) is 11.1 Å². The molecular weight excluding hydrogens is 1060 g/mol. The van der Waals surface area contributed by atoms with E-state index in [9.17, 15) is 28.8 Å². The summed E-state index contributed by atoms with van der Waals surface area (Å²) < 4.78 is 0. The molecule has 0 radical (unpaired) electrons. The molecule has 84 heavy (non-hydrogen) atoms. The highest BCUT2D eigenvalue weighted by atomic mass is 16.2. The van der Waals surface area contributed by atoms with Crippen molar-refractivity contribution in [2.45, 2.75) is 217 Å². The summed E-state index contributed by atoms with van der Waals surface area (Å²) in [6.07, 6.45) is 16.1. The molecule has 2 saturated heterocycles. The van der Waals surface area contributed by atoms with E-state index < -0.39 is 60.1 Å². The molecule has 18 nitrogen and oxygen atoms in total. The van der Waals surface area contributed by atoms with Crippen LogP contribution < -0.4 is 42.5 Å². The minimum absolute atomic E-state index is 0.0596. The predicted octanol–water partition coefficient (Wildman–Crippen LogP) is 6.38. The number of nitrogens with one attached hydrogen (secondary N) is 8. The Kier molecular flexibility index (Phi) is 21.7. The fraction of sp³-hybridized carbons (Fsp3) is 0.606. The zero-order valence-corrected chi connectivity index (χ0v) is 50.0. The monoisotopic (exact) mass is 1150 g/mol. The third-order valence-corrected chi connectivity index (χ3v) is 18.8. The van der Waals surface area contributed by atoms with E-state index in [4.69, 9.17) is 0 Å². The van der Waals surface area contributed by atoms with Crippen LogP contribution in [-0.2, 0) is 41.6 Å². The molecule has 2 aliphatic heterocycles. The lowest BCUT2D eigenvalue weighted by Gasteiger charge is -2.35. The van der Waals surface area contributed by atoms with Gasteiger partial charge in [0.15, 0.2) is 0 Å². The Hall–Kier alpha value is -6.66. The molecule has 18 heteroatoms. The van der Waals surface area contributed by atoms with Crippen molar-refractivity contribution < 1.29 is 38.4 Å². The summed E-state index contributed by atoms with van der Waals surface area (Å²) in [5, 5.41) is 25.5. The van der Waals surface area contributed by atoms with Crippen molar-refractivity contribution in [3.05, 3.63) is 106 Å². The van der Waals surface area contributed by atoms with Crippen LogP contribution in [-0.4, -0.2) is 132 Å². The Morgan fingerprint density at radius 3 is 1.24 bits per heavy atom. The van der Waals surface area contributed by atoms with Crippen molar-refractivity contribution in [3.8, 4) is 0 Å². The second kappa shape index (κ2) is 29.4. The van der Waals surface area contributed by atoms with E-state index in [-0.39, 0.29) is 96.4 Å². The first-order chi connectivity index (χ1) is 40.7. The van der Waals surface area contributed by atoms with Gasteiger partial charge in [-0.05, 0) is 175 Å². The van der Waals surface area contributed by atoms with Crippen molar-refractivity contribution in [1.82, 2.24) is 52.3 Å². The summed E-state index contributed by atoms with van der Waals surface area (Å²) >= 11 is 0. The number of amides is 8. The number of rotatable bonds is 22. The normalized spacial score (nSPS) is 24.0. The van der Waals surface area contributed by atoms with Crippen LogP contribution in [0.15, 0.2) is 72.8 Å². The average molecular weight is 1150 g/mol. The molecule has 3 aromatic carbocycles. The van der Waals surface area contributed by atoms with E-state index in [1.807, 2.05) is 50.2 Å². The molecule has 2 heterocycles. The summed E-state index contributed by atoms with van der Waals surface area (Å²) in [6.45, 7) is 9.05. The van der Waals surface area contributed by atoms with Gasteiger partial charge in [0, 0.05) is 36.3 Å². The average Bonchev–Trinajstić information content (AvgIpc) is 3.79. The zero-order valence-electron chi connectivity index (χ0n) is 50.0. The van der Waals surface area contributed by atoms with Gasteiger partial charge in [-0.3, -0.25) is 38.4 Å². The van der Waals surface area contributed by atoms with Gasteiger partial charge in [-0.25, -0.2) is 0 Å². The Morgan fingerprint density at radius 2 is 0.857 bits per heavy atom. The number of nitrogens with zero attached hydrogens (tertiary/aromatic N) is 2. The molecule has 454 valence electrons. The quantitative estimate of drug-likeness (QED) is 0.0553. The summed E-state index contributed by atoms with van der Waals surface area (Å²) in [4.78, 5) is 118. The molecule has 8 amide bonds. The van der Waals surface area contributed by atoms with Crippen LogP contribution in [0.2, 0.25) is 0 Å². The smallest absolute Gasteiger partial charge is 0.251 e. The summed E-state index contributed by atoms with van der Waals surface area (Å²) in [7, 11) is 0. The molecule has 8 N–H and O–H groups in total. The van der Waals surface area contributed by atoms with Crippen LogP contribution in [0, 0.1) is 11.8 Å². The Morgan fingerprint density at radius 1 is 0.476 bits per heavy atom. The van der Waals surface area contributed by atoms with Crippen LogP contribution in [0.25, 0.3) is 0 Å². The summed E-state index contributed by atoms with van der Waals surface area (Å²) in [6, 6.07) is 16.2. The van der Waals surface area contributed by atoms with Gasteiger partial charge < -0.3 is 52.3 Å². The lowest BCUT2D eigenvalue weighted by molar-refractivity contribution is -0.143. The molecule has 2 saturated carbocycles. The lowest BCUT2D eigenvalue weighted by atomic mass is 9.83. The van der Waals surface area contributed by atoms with E-state index in [0.29, 0.717) is 13.1 Å². The molecule has 0 spiro atoms. The Labute approximate surface area is 496 Å². The number of carbonyl (C=O) groups excluding carboxylic acids is 8. The Balaban J connectivity index is 0.898. The first kappa shape index (κ1) is 61.9. The highest BCUT2D eigenvalue weighted by molar-refractivity contribution is 5.99. The van der Waals surface area contributed by atoms with Gasteiger partial charge in [0.1, 0.15) is 24.2 Å². The third kappa shape index (κ3) is 15.2. The van der Waals surface area contributed by atoms with Gasteiger partial charge in [0.2, 0.25) is 35.4 Å². The van der Waals surface area contributed by atoms with Gasteiger partial charge in [-0.2, -0.15) is 0 Å². The van der Waals surface area contributed by atoms with Crippen molar-refractivity contribution in [3.63, 3.8) is 0 Å². The van der Waals surface area contributed by atoms with Crippen LogP contribution >= 0.6 is 0 Å². The van der Waals surface area contributed by atoms with Gasteiger partial charge in [0.25, 0.3) is 11.8 Å². The van der Waals surface area contributed by atoms with Crippen LogP contribution in [0.3, 0.4) is 0 Å². The maximum Gasteiger partial charge on any atom is 0.251 e. The molecular formula is C66H92N10O8. The second-order valence-electron chi connectivity index (χ2n) is 24.8. The number of aryl methyl sites for hydroxylation is 2. The third-order valence-electron chi connectivity index (χ3n) is 18.8. The molecule has 4 fully saturated rings. The minimum atomic E-state index is -0.911. The molecule has 0 aromatic heterocycles. The maximum atomic E-state index is 15.1. The zero-order chi connectivity index (χ0) is 59.3. The number of hydrogen-bond acceptors (Lipinski definition) is 10. The van der Waals surface area contributed by atoms with E-state index in [1.54, 1.807) is 47.9 Å². The fourth-order valence-corrected chi connectivity index (χ4v) is 14.0. The molecule has 10 atom stereocenters.